The maximum Gasteiger partial charge on any atom is 0.325 e. The summed E-state index contributed by atoms with van der Waals surface area (Å²) in [5.41, 5.74) is -0.549. The number of hydrogen-bond acceptors (Lipinski definition) is 3. The molecule has 0 aromatic heterocycles. The van der Waals surface area contributed by atoms with Gasteiger partial charge in [-0.15, -0.1) is 0 Å². The third-order valence-corrected chi connectivity index (χ3v) is 6.03. The highest BCUT2D eigenvalue weighted by molar-refractivity contribution is 6.30. The van der Waals surface area contributed by atoms with E-state index >= 15 is 0 Å². The highest BCUT2D eigenvalue weighted by atomic mass is 35.5. The number of likely N-dealkylation sites (tertiary alicyclic amines) is 1. The summed E-state index contributed by atoms with van der Waals surface area (Å²) < 4.78 is 0. The minimum absolute atomic E-state index is 0.117. The third kappa shape index (κ3) is 3.43. The van der Waals surface area contributed by atoms with E-state index in [0.29, 0.717) is 17.0 Å². The Bertz CT molecular complexity index is 759. The highest BCUT2D eigenvalue weighted by Crippen LogP contribution is 2.34. The molecular formula is C20H26ClN3O3. The van der Waals surface area contributed by atoms with Gasteiger partial charge in [-0.25, -0.2) is 4.79 Å². The van der Waals surface area contributed by atoms with Crippen LogP contribution >= 0.6 is 11.6 Å². The maximum atomic E-state index is 13.2. The number of carbonyl (C=O) groups is 3. The molecule has 0 saturated carbocycles. The Kier molecular flexibility index (Phi) is 5.47. The second-order valence-electron chi connectivity index (χ2n) is 7.52. The molecule has 6 nitrogen and oxygen atoms in total. The van der Waals surface area contributed by atoms with E-state index in [1.54, 1.807) is 24.3 Å². The zero-order chi connectivity index (χ0) is 19.8. The topological polar surface area (TPSA) is 69.7 Å². The molecular weight excluding hydrogens is 366 g/mol. The Hall–Kier alpha value is -2.08. The molecule has 0 aliphatic carbocycles. The van der Waals surface area contributed by atoms with Crippen LogP contribution in [0.5, 0.6) is 0 Å². The molecule has 4 amide bonds. The van der Waals surface area contributed by atoms with Crippen LogP contribution in [0.1, 0.15) is 52.0 Å². The minimum Gasteiger partial charge on any atom is -0.336 e. The summed E-state index contributed by atoms with van der Waals surface area (Å²) in [5.74, 6) is -0.584. The van der Waals surface area contributed by atoms with Crippen molar-refractivity contribution in [3.05, 3.63) is 34.9 Å². The fourth-order valence-corrected chi connectivity index (χ4v) is 4.48. The van der Waals surface area contributed by atoms with Crippen molar-refractivity contribution in [1.82, 2.24) is 15.1 Å². The molecule has 2 heterocycles. The molecule has 1 aromatic carbocycles. The zero-order valence-corrected chi connectivity index (χ0v) is 16.8. The summed E-state index contributed by atoms with van der Waals surface area (Å²) in [7, 11) is 0. The summed E-state index contributed by atoms with van der Waals surface area (Å²) >= 11 is 6.08. The quantitative estimate of drug-likeness (QED) is 0.800. The van der Waals surface area contributed by atoms with Gasteiger partial charge < -0.3 is 10.2 Å². The van der Waals surface area contributed by atoms with Gasteiger partial charge in [0, 0.05) is 17.1 Å². The van der Waals surface area contributed by atoms with Crippen LogP contribution in [-0.2, 0) is 15.1 Å². The van der Waals surface area contributed by atoms with Crippen LogP contribution in [0.15, 0.2) is 24.3 Å². The van der Waals surface area contributed by atoms with Gasteiger partial charge in [-0.2, -0.15) is 0 Å². The van der Waals surface area contributed by atoms with Gasteiger partial charge in [0.05, 0.1) is 0 Å². The fraction of sp³-hybridized carbons (Fsp3) is 0.550. The van der Waals surface area contributed by atoms with Crippen LogP contribution < -0.4 is 5.32 Å². The van der Waals surface area contributed by atoms with E-state index in [2.05, 4.69) is 5.32 Å². The molecule has 2 aliphatic rings. The molecule has 2 saturated heterocycles. The summed E-state index contributed by atoms with van der Waals surface area (Å²) in [5, 5.41) is 3.29. The first-order valence-electron chi connectivity index (χ1n) is 9.51. The summed E-state index contributed by atoms with van der Waals surface area (Å²) in [6.45, 7) is 5.63. The minimum atomic E-state index is -1.18. The molecule has 2 fully saturated rings. The number of nitrogens with one attached hydrogen (secondary N) is 1. The van der Waals surface area contributed by atoms with Crippen molar-refractivity contribution < 1.29 is 14.4 Å². The predicted molar refractivity (Wildman–Crippen MR) is 103 cm³/mol. The van der Waals surface area contributed by atoms with Crippen molar-refractivity contribution in [2.45, 2.75) is 64.1 Å². The van der Waals surface area contributed by atoms with Gasteiger partial charge in [-0.3, -0.25) is 14.5 Å². The van der Waals surface area contributed by atoms with E-state index in [1.165, 1.54) is 0 Å². The van der Waals surface area contributed by atoms with Crippen molar-refractivity contribution in [2.75, 3.05) is 6.54 Å². The molecule has 7 heteroatoms. The van der Waals surface area contributed by atoms with Crippen LogP contribution in [0.25, 0.3) is 0 Å². The summed E-state index contributed by atoms with van der Waals surface area (Å²) in [6.07, 6.45) is 3.34. The van der Waals surface area contributed by atoms with Crippen molar-refractivity contribution in [2.24, 2.45) is 0 Å². The first kappa shape index (κ1) is 19.7. The van der Waals surface area contributed by atoms with Crippen LogP contribution in [0.4, 0.5) is 4.79 Å². The summed E-state index contributed by atoms with van der Waals surface area (Å²) in [4.78, 5) is 41.5. The number of amides is 4. The number of benzene rings is 1. The van der Waals surface area contributed by atoms with Gasteiger partial charge in [0.1, 0.15) is 12.1 Å². The second kappa shape index (κ2) is 7.50. The Balaban J connectivity index is 1.84. The normalized spacial score (nSPS) is 28.4. The average Bonchev–Trinajstić information content (AvgIpc) is 2.87. The monoisotopic (exact) mass is 391 g/mol. The number of rotatable bonds is 4. The SMILES string of the molecule is CC[C@@]1(c2cccc(Cl)c2)NC(=O)N(CC(=O)N2[C@@H](C)CCC[C@@H]2C)C1=O. The molecule has 0 unspecified atom stereocenters. The smallest absolute Gasteiger partial charge is 0.325 e. The number of hydrogen-bond donors (Lipinski definition) is 1. The van der Waals surface area contributed by atoms with Crippen LogP contribution in [-0.4, -0.2) is 46.3 Å². The van der Waals surface area contributed by atoms with Crippen molar-refractivity contribution in [3.63, 3.8) is 0 Å². The lowest BCUT2D eigenvalue weighted by atomic mass is 9.87. The lowest BCUT2D eigenvalue weighted by Crippen LogP contribution is -2.52. The van der Waals surface area contributed by atoms with Crippen LogP contribution in [0.3, 0.4) is 0 Å². The fourth-order valence-electron chi connectivity index (χ4n) is 4.29. The average molecular weight is 392 g/mol. The zero-order valence-electron chi connectivity index (χ0n) is 16.0. The van der Waals surface area contributed by atoms with Gasteiger partial charge in [-0.1, -0.05) is 30.7 Å². The first-order valence-corrected chi connectivity index (χ1v) is 9.89. The molecule has 2 aliphatic heterocycles. The Morgan fingerprint density at radius 3 is 2.52 bits per heavy atom. The molecule has 3 rings (SSSR count). The Morgan fingerprint density at radius 1 is 1.26 bits per heavy atom. The van der Waals surface area contributed by atoms with Crippen molar-refractivity contribution in [1.29, 1.82) is 0 Å². The number of piperidine rings is 1. The summed E-state index contributed by atoms with van der Waals surface area (Å²) in [6, 6.07) is 6.62. The lowest BCUT2D eigenvalue weighted by Gasteiger charge is -2.39. The highest BCUT2D eigenvalue weighted by Gasteiger charge is 2.52. The largest absolute Gasteiger partial charge is 0.336 e. The molecule has 146 valence electrons. The number of nitrogens with zero attached hydrogens (tertiary/aromatic N) is 2. The maximum absolute atomic E-state index is 13.2. The van der Waals surface area contributed by atoms with E-state index < -0.39 is 17.5 Å². The van der Waals surface area contributed by atoms with E-state index in [4.69, 9.17) is 11.6 Å². The first-order chi connectivity index (χ1) is 12.8. The van der Waals surface area contributed by atoms with Crippen LogP contribution in [0.2, 0.25) is 5.02 Å². The number of imide groups is 1. The molecule has 0 spiro atoms. The molecule has 3 atom stereocenters. The standard InChI is InChI=1S/C20H26ClN3O3/c1-4-20(15-9-6-10-16(21)11-15)18(26)23(19(27)22-20)12-17(25)24-13(2)7-5-8-14(24)3/h6,9-11,13-14H,4-5,7-8,12H2,1-3H3,(H,22,27)/t13-,14-,20-/m0/s1. The van der Waals surface area contributed by atoms with E-state index in [-0.39, 0.29) is 24.5 Å². The molecule has 1 aromatic rings. The van der Waals surface area contributed by atoms with Gasteiger partial charge >= 0.3 is 6.03 Å². The molecule has 27 heavy (non-hydrogen) atoms. The van der Waals surface area contributed by atoms with Crippen molar-refractivity contribution >= 4 is 29.4 Å². The molecule has 0 radical (unpaired) electrons. The Labute approximate surface area is 164 Å². The second-order valence-corrected chi connectivity index (χ2v) is 7.96. The lowest BCUT2D eigenvalue weighted by molar-refractivity contribution is -0.143. The van der Waals surface area contributed by atoms with Crippen LogP contribution in [0, 0.1) is 0 Å². The Morgan fingerprint density at radius 2 is 1.93 bits per heavy atom. The van der Waals surface area contributed by atoms with Crippen molar-refractivity contribution in [3.8, 4) is 0 Å². The third-order valence-electron chi connectivity index (χ3n) is 5.80. The predicted octanol–water partition coefficient (Wildman–Crippen LogP) is 3.29. The van der Waals surface area contributed by atoms with Gasteiger partial charge in [-0.05, 0) is 57.2 Å². The van der Waals surface area contributed by atoms with E-state index in [9.17, 15) is 14.4 Å². The van der Waals surface area contributed by atoms with E-state index in [0.717, 1.165) is 24.2 Å². The molecule has 0 bridgehead atoms. The van der Waals surface area contributed by atoms with Gasteiger partial charge in [0.2, 0.25) is 5.91 Å². The number of urea groups is 1. The number of carbonyl (C=O) groups excluding carboxylic acids is 3. The number of halogens is 1. The van der Waals surface area contributed by atoms with E-state index in [1.807, 2.05) is 25.7 Å². The van der Waals surface area contributed by atoms with Gasteiger partial charge in [0.25, 0.3) is 5.91 Å². The van der Waals surface area contributed by atoms with Gasteiger partial charge in [0.15, 0.2) is 0 Å². The molecule has 1 N–H and O–H groups in total.